The number of nitrogens with one attached hydrogen (secondary N) is 4. The highest BCUT2D eigenvalue weighted by atomic mass is 32.1. The van der Waals surface area contributed by atoms with Gasteiger partial charge >= 0.3 is 5.97 Å². The number of carboxylic acid groups (broad SMARTS) is 1. The van der Waals surface area contributed by atoms with Gasteiger partial charge < -0.3 is 36.9 Å². The first-order valence-corrected chi connectivity index (χ1v) is 10.0. The average Bonchev–Trinajstić information content (AvgIpc) is 3.16. The maximum atomic E-state index is 12.2. The molecule has 3 amide bonds. The van der Waals surface area contributed by atoms with E-state index in [9.17, 15) is 19.2 Å². The fourth-order valence-electron chi connectivity index (χ4n) is 2.83. The highest BCUT2D eigenvalue weighted by molar-refractivity contribution is 7.80. The number of amides is 3. The molecule has 0 aliphatic rings. The summed E-state index contributed by atoms with van der Waals surface area (Å²) in [6.45, 7) is -1.24. The SMILES string of the molecule is N[C@@H](Cc1c[nH]c2ccccc12)C(=O)NCC(=O)N[C@@H](CS)C(=O)N[C@@H](CO)C(=O)O. The van der Waals surface area contributed by atoms with Gasteiger partial charge in [0.1, 0.15) is 12.1 Å². The van der Waals surface area contributed by atoms with Crippen LogP contribution in [0.1, 0.15) is 5.56 Å². The Morgan fingerprint density at radius 3 is 2.45 bits per heavy atom. The fraction of sp³-hybridized carbons (Fsp3) is 0.368. The van der Waals surface area contributed by atoms with Crippen LogP contribution < -0.4 is 21.7 Å². The molecule has 0 aliphatic carbocycles. The molecule has 3 atom stereocenters. The summed E-state index contributed by atoms with van der Waals surface area (Å²) in [5.74, 6) is -3.59. The number of thiol groups is 1. The smallest absolute Gasteiger partial charge is 0.328 e. The first kappa shape index (κ1) is 24.2. The number of carbonyl (C=O) groups is 4. The van der Waals surface area contributed by atoms with Crippen molar-refractivity contribution in [1.82, 2.24) is 20.9 Å². The maximum absolute atomic E-state index is 12.2. The molecular weight excluding hydrogens is 426 g/mol. The van der Waals surface area contributed by atoms with E-state index in [1.165, 1.54) is 0 Å². The van der Waals surface area contributed by atoms with Crippen molar-refractivity contribution in [1.29, 1.82) is 0 Å². The number of para-hydroxylation sites is 1. The molecule has 0 fully saturated rings. The molecular formula is C19H25N5O6S. The minimum Gasteiger partial charge on any atom is -0.480 e. The number of aliphatic hydroxyl groups excluding tert-OH is 1. The maximum Gasteiger partial charge on any atom is 0.328 e. The Morgan fingerprint density at radius 1 is 1.10 bits per heavy atom. The second kappa shape index (κ2) is 11.3. The minimum absolute atomic E-state index is 0.122. The molecule has 0 aliphatic heterocycles. The van der Waals surface area contributed by atoms with Crippen LogP contribution in [0, 0.1) is 0 Å². The lowest BCUT2D eigenvalue weighted by Crippen LogP contribution is -2.55. The molecule has 0 radical (unpaired) electrons. The molecule has 31 heavy (non-hydrogen) atoms. The van der Waals surface area contributed by atoms with Crippen molar-refractivity contribution in [3.05, 3.63) is 36.0 Å². The van der Waals surface area contributed by atoms with Crippen molar-refractivity contribution < 1.29 is 29.4 Å². The summed E-state index contributed by atoms with van der Waals surface area (Å²) in [7, 11) is 0. The molecule has 12 heteroatoms. The number of aliphatic hydroxyl groups is 1. The van der Waals surface area contributed by atoms with Crippen molar-refractivity contribution >= 4 is 47.2 Å². The number of hydrogen-bond donors (Lipinski definition) is 8. The Labute approximate surface area is 183 Å². The third-order valence-electron chi connectivity index (χ3n) is 4.51. The lowest BCUT2D eigenvalue weighted by Gasteiger charge is -2.19. The van der Waals surface area contributed by atoms with Crippen LogP contribution in [0.3, 0.4) is 0 Å². The third kappa shape index (κ3) is 6.70. The quantitative estimate of drug-likeness (QED) is 0.184. The zero-order chi connectivity index (χ0) is 23.0. The molecule has 2 rings (SSSR count). The Bertz CT molecular complexity index is 949. The van der Waals surface area contributed by atoms with Gasteiger partial charge in [-0.2, -0.15) is 12.6 Å². The summed E-state index contributed by atoms with van der Waals surface area (Å²) < 4.78 is 0. The summed E-state index contributed by atoms with van der Waals surface area (Å²) in [6, 6.07) is 4.03. The first-order chi connectivity index (χ1) is 14.8. The second-order valence-electron chi connectivity index (χ2n) is 6.77. The first-order valence-electron chi connectivity index (χ1n) is 9.39. The van der Waals surface area contributed by atoms with E-state index in [1.54, 1.807) is 6.20 Å². The molecule has 2 aromatic rings. The normalized spacial score (nSPS) is 13.8. The Hall–Kier alpha value is -3.09. The summed E-state index contributed by atoms with van der Waals surface area (Å²) in [6.07, 6.45) is 2.04. The molecule has 0 saturated carbocycles. The number of fused-ring (bicyclic) bond motifs is 1. The predicted molar refractivity (Wildman–Crippen MR) is 115 cm³/mol. The lowest BCUT2D eigenvalue weighted by molar-refractivity contribution is -0.143. The van der Waals surface area contributed by atoms with Gasteiger partial charge in [0.15, 0.2) is 0 Å². The van der Waals surface area contributed by atoms with E-state index in [-0.39, 0.29) is 12.2 Å². The van der Waals surface area contributed by atoms with Gasteiger partial charge in [-0.15, -0.1) is 0 Å². The van der Waals surface area contributed by atoms with E-state index in [1.807, 2.05) is 24.3 Å². The van der Waals surface area contributed by atoms with Gasteiger partial charge in [0, 0.05) is 22.9 Å². The monoisotopic (exact) mass is 451 g/mol. The van der Waals surface area contributed by atoms with E-state index < -0.39 is 55.0 Å². The van der Waals surface area contributed by atoms with Crippen molar-refractivity contribution in [2.45, 2.75) is 24.5 Å². The zero-order valence-electron chi connectivity index (χ0n) is 16.5. The summed E-state index contributed by atoms with van der Waals surface area (Å²) in [4.78, 5) is 50.4. The Kier molecular flexibility index (Phi) is 8.85. The summed E-state index contributed by atoms with van der Waals surface area (Å²) in [5.41, 5.74) is 7.74. The zero-order valence-corrected chi connectivity index (χ0v) is 17.4. The molecule has 0 bridgehead atoms. The average molecular weight is 452 g/mol. The third-order valence-corrected chi connectivity index (χ3v) is 4.87. The van der Waals surface area contributed by atoms with Crippen LogP contribution in [0.25, 0.3) is 10.9 Å². The van der Waals surface area contributed by atoms with Gasteiger partial charge in [-0.05, 0) is 18.1 Å². The second-order valence-corrected chi connectivity index (χ2v) is 7.14. The molecule has 8 N–H and O–H groups in total. The number of carbonyl (C=O) groups excluding carboxylic acids is 3. The molecule has 0 spiro atoms. The molecule has 11 nitrogen and oxygen atoms in total. The number of H-pyrrole nitrogens is 1. The van der Waals surface area contributed by atoms with Gasteiger partial charge in [0.2, 0.25) is 17.7 Å². The number of aromatic nitrogens is 1. The van der Waals surface area contributed by atoms with Gasteiger partial charge in [-0.3, -0.25) is 14.4 Å². The predicted octanol–water partition coefficient (Wildman–Crippen LogP) is -1.87. The van der Waals surface area contributed by atoms with Crippen LogP contribution in [-0.2, 0) is 25.6 Å². The largest absolute Gasteiger partial charge is 0.480 e. The van der Waals surface area contributed by atoms with Crippen molar-refractivity contribution in [2.75, 3.05) is 18.9 Å². The number of aliphatic carboxylic acids is 1. The molecule has 1 heterocycles. The fourth-order valence-corrected chi connectivity index (χ4v) is 3.08. The number of carboxylic acids is 1. The summed E-state index contributed by atoms with van der Waals surface area (Å²) in [5, 5.41) is 25.6. The molecule has 0 unspecified atom stereocenters. The van der Waals surface area contributed by atoms with Crippen LogP contribution in [0.4, 0.5) is 0 Å². The number of nitrogens with two attached hydrogens (primary N) is 1. The Balaban J connectivity index is 1.84. The highest BCUT2D eigenvalue weighted by Crippen LogP contribution is 2.18. The van der Waals surface area contributed by atoms with E-state index in [2.05, 4.69) is 33.6 Å². The highest BCUT2D eigenvalue weighted by Gasteiger charge is 2.25. The van der Waals surface area contributed by atoms with E-state index in [0.717, 1.165) is 16.5 Å². The Morgan fingerprint density at radius 2 is 1.81 bits per heavy atom. The number of aromatic amines is 1. The molecule has 1 aromatic carbocycles. The summed E-state index contributed by atoms with van der Waals surface area (Å²) >= 11 is 3.96. The van der Waals surface area contributed by atoms with Crippen LogP contribution in [0.2, 0.25) is 0 Å². The number of rotatable bonds is 11. The molecule has 1 aromatic heterocycles. The number of hydrogen-bond acceptors (Lipinski definition) is 7. The molecule has 168 valence electrons. The van der Waals surface area contributed by atoms with E-state index in [4.69, 9.17) is 15.9 Å². The van der Waals surface area contributed by atoms with Crippen molar-refractivity contribution in [3.63, 3.8) is 0 Å². The van der Waals surface area contributed by atoms with Gasteiger partial charge in [0.05, 0.1) is 19.2 Å². The van der Waals surface area contributed by atoms with Crippen LogP contribution in [-0.4, -0.2) is 75.9 Å². The van der Waals surface area contributed by atoms with Gasteiger partial charge in [0.25, 0.3) is 0 Å². The van der Waals surface area contributed by atoms with Crippen LogP contribution in [0.15, 0.2) is 30.5 Å². The topological polar surface area (TPSA) is 187 Å². The van der Waals surface area contributed by atoms with E-state index in [0.29, 0.717) is 0 Å². The van der Waals surface area contributed by atoms with Crippen LogP contribution >= 0.6 is 12.6 Å². The molecule has 0 saturated heterocycles. The lowest BCUT2D eigenvalue weighted by atomic mass is 10.1. The van der Waals surface area contributed by atoms with Gasteiger partial charge in [-0.1, -0.05) is 18.2 Å². The van der Waals surface area contributed by atoms with Crippen molar-refractivity contribution in [3.8, 4) is 0 Å². The van der Waals surface area contributed by atoms with Gasteiger partial charge in [-0.25, -0.2) is 4.79 Å². The minimum atomic E-state index is -1.51. The van der Waals surface area contributed by atoms with Crippen molar-refractivity contribution in [2.24, 2.45) is 5.73 Å². The standard InChI is InChI=1S/C19H25N5O6S/c20-12(5-10-6-21-13-4-2-1-3-11(10)13)17(27)22-7-16(26)23-15(9-31)18(28)24-14(8-25)19(29)30/h1-4,6,12,14-15,21,25,31H,5,7-9,20H2,(H,22,27)(H,23,26)(H,24,28)(H,29,30)/t12-,14-,15-/m0/s1. The van der Waals surface area contributed by atoms with Crippen LogP contribution in [0.5, 0.6) is 0 Å². The number of benzene rings is 1. The van der Waals surface area contributed by atoms with E-state index >= 15 is 0 Å².